The monoisotopic (exact) mass is 291 g/mol. The highest BCUT2D eigenvalue weighted by molar-refractivity contribution is 5.92. The lowest BCUT2D eigenvalue weighted by molar-refractivity contribution is -0.117. The summed E-state index contributed by atoms with van der Waals surface area (Å²) in [6.45, 7) is 3.28. The van der Waals surface area contributed by atoms with Crippen LogP contribution in [-0.2, 0) is 4.79 Å². The predicted octanol–water partition coefficient (Wildman–Crippen LogP) is 0.819. The van der Waals surface area contributed by atoms with E-state index in [9.17, 15) is 4.79 Å². The second-order valence-electron chi connectivity index (χ2n) is 5.52. The molecule has 0 atom stereocenters. The standard InChI is InChI=1S/C15H21N3O3/c16-11-3-5-18(6-4-11)10-15(19)17-12-1-2-13-14(9-12)21-8-7-20-13/h1-2,9,11H,3-8,10,16H2,(H,17,19). The third kappa shape index (κ3) is 3.65. The molecule has 3 N–H and O–H groups in total. The lowest BCUT2D eigenvalue weighted by Gasteiger charge is -2.29. The summed E-state index contributed by atoms with van der Waals surface area (Å²) in [7, 11) is 0. The number of hydrogen-bond acceptors (Lipinski definition) is 5. The van der Waals surface area contributed by atoms with Crippen molar-refractivity contribution in [3.8, 4) is 11.5 Å². The molecular formula is C15H21N3O3. The number of anilines is 1. The molecule has 114 valence electrons. The molecule has 0 aromatic heterocycles. The Morgan fingerprint density at radius 1 is 1.24 bits per heavy atom. The molecule has 1 aromatic rings. The largest absolute Gasteiger partial charge is 0.486 e. The molecule has 0 unspecified atom stereocenters. The number of carbonyl (C=O) groups excluding carboxylic acids is 1. The second kappa shape index (κ2) is 6.32. The van der Waals surface area contributed by atoms with E-state index in [1.54, 1.807) is 6.07 Å². The van der Waals surface area contributed by atoms with Gasteiger partial charge < -0.3 is 20.5 Å². The zero-order valence-electron chi connectivity index (χ0n) is 12.0. The number of hydrogen-bond donors (Lipinski definition) is 2. The highest BCUT2D eigenvalue weighted by Crippen LogP contribution is 2.32. The normalized spacial score (nSPS) is 19.3. The van der Waals surface area contributed by atoms with Crippen molar-refractivity contribution in [2.75, 3.05) is 38.2 Å². The van der Waals surface area contributed by atoms with Crippen LogP contribution >= 0.6 is 0 Å². The van der Waals surface area contributed by atoms with Crippen LogP contribution in [0.5, 0.6) is 11.5 Å². The van der Waals surface area contributed by atoms with E-state index in [2.05, 4.69) is 10.2 Å². The highest BCUT2D eigenvalue weighted by atomic mass is 16.6. The number of benzene rings is 1. The fourth-order valence-corrected chi connectivity index (χ4v) is 2.64. The average molecular weight is 291 g/mol. The molecule has 2 aliphatic heterocycles. The Bertz CT molecular complexity index is 513. The number of likely N-dealkylation sites (tertiary alicyclic amines) is 1. The van der Waals surface area contributed by atoms with E-state index in [1.165, 1.54) is 0 Å². The third-order valence-electron chi connectivity index (χ3n) is 3.83. The van der Waals surface area contributed by atoms with Gasteiger partial charge in [0.15, 0.2) is 11.5 Å². The van der Waals surface area contributed by atoms with Crippen LogP contribution in [0.4, 0.5) is 5.69 Å². The molecule has 3 rings (SSSR count). The molecule has 6 nitrogen and oxygen atoms in total. The van der Waals surface area contributed by atoms with Gasteiger partial charge in [0.1, 0.15) is 13.2 Å². The van der Waals surface area contributed by atoms with Gasteiger partial charge in [0, 0.05) is 30.9 Å². The van der Waals surface area contributed by atoms with Gasteiger partial charge in [-0.25, -0.2) is 0 Å². The Hall–Kier alpha value is -1.79. The summed E-state index contributed by atoms with van der Waals surface area (Å²) >= 11 is 0. The van der Waals surface area contributed by atoms with Crippen molar-refractivity contribution in [3.05, 3.63) is 18.2 Å². The van der Waals surface area contributed by atoms with E-state index in [0.717, 1.165) is 37.4 Å². The fraction of sp³-hybridized carbons (Fsp3) is 0.533. The van der Waals surface area contributed by atoms with E-state index in [-0.39, 0.29) is 11.9 Å². The molecule has 0 spiro atoms. The molecule has 6 heteroatoms. The Kier molecular flexibility index (Phi) is 4.26. The van der Waals surface area contributed by atoms with Crippen LogP contribution in [-0.4, -0.2) is 49.7 Å². The van der Waals surface area contributed by atoms with Crippen LogP contribution < -0.4 is 20.5 Å². The van der Waals surface area contributed by atoms with Crippen molar-refractivity contribution >= 4 is 11.6 Å². The van der Waals surface area contributed by atoms with E-state index >= 15 is 0 Å². The molecule has 0 radical (unpaired) electrons. The van der Waals surface area contributed by atoms with Crippen molar-refractivity contribution in [2.45, 2.75) is 18.9 Å². The molecule has 1 saturated heterocycles. The maximum absolute atomic E-state index is 12.1. The third-order valence-corrected chi connectivity index (χ3v) is 3.83. The molecule has 0 bridgehead atoms. The fourth-order valence-electron chi connectivity index (χ4n) is 2.64. The lowest BCUT2D eigenvalue weighted by atomic mass is 10.1. The summed E-state index contributed by atoms with van der Waals surface area (Å²) in [5, 5.41) is 2.90. The second-order valence-corrected chi connectivity index (χ2v) is 5.52. The van der Waals surface area contributed by atoms with E-state index < -0.39 is 0 Å². The zero-order chi connectivity index (χ0) is 14.7. The Morgan fingerprint density at radius 3 is 2.71 bits per heavy atom. The van der Waals surface area contributed by atoms with Gasteiger partial charge in [-0.05, 0) is 25.0 Å². The first-order valence-electron chi connectivity index (χ1n) is 7.38. The Balaban J connectivity index is 1.55. The minimum atomic E-state index is -0.0119. The molecule has 1 aromatic carbocycles. The quantitative estimate of drug-likeness (QED) is 0.862. The van der Waals surface area contributed by atoms with E-state index in [4.69, 9.17) is 15.2 Å². The van der Waals surface area contributed by atoms with Crippen LogP contribution in [0.15, 0.2) is 18.2 Å². The molecule has 21 heavy (non-hydrogen) atoms. The van der Waals surface area contributed by atoms with Crippen LogP contribution in [0, 0.1) is 0 Å². The van der Waals surface area contributed by atoms with Gasteiger partial charge in [-0.1, -0.05) is 0 Å². The van der Waals surface area contributed by atoms with E-state index in [0.29, 0.717) is 25.5 Å². The molecule has 1 amide bonds. The Morgan fingerprint density at radius 2 is 1.95 bits per heavy atom. The number of nitrogens with zero attached hydrogens (tertiary/aromatic N) is 1. The van der Waals surface area contributed by atoms with Crippen LogP contribution in [0.2, 0.25) is 0 Å². The first kappa shape index (κ1) is 14.2. The molecule has 0 saturated carbocycles. The maximum atomic E-state index is 12.1. The number of rotatable bonds is 3. The summed E-state index contributed by atoms with van der Waals surface area (Å²) in [5.74, 6) is 1.40. The maximum Gasteiger partial charge on any atom is 0.238 e. The highest BCUT2D eigenvalue weighted by Gasteiger charge is 2.18. The number of fused-ring (bicyclic) bond motifs is 1. The van der Waals surface area contributed by atoms with Crippen LogP contribution in [0.3, 0.4) is 0 Å². The summed E-state index contributed by atoms with van der Waals surface area (Å²) < 4.78 is 11.0. The molecule has 2 aliphatic rings. The average Bonchev–Trinajstić information content (AvgIpc) is 2.49. The van der Waals surface area contributed by atoms with Crippen molar-refractivity contribution in [1.82, 2.24) is 4.90 Å². The molecule has 1 fully saturated rings. The number of nitrogens with one attached hydrogen (secondary N) is 1. The minimum absolute atomic E-state index is 0.0119. The number of nitrogens with two attached hydrogens (primary N) is 1. The minimum Gasteiger partial charge on any atom is -0.486 e. The number of piperidine rings is 1. The van der Waals surface area contributed by atoms with Gasteiger partial charge in [0.2, 0.25) is 5.91 Å². The van der Waals surface area contributed by atoms with Gasteiger partial charge in [0.05, 0.1) is 6.54 Å². The molecule has 0 aliphatic carbocycles. The zero-order valence-corrected chi connectivity index (χ0v) is 12.0. The van der Waals surface area contributed by atoms with Gasteiger partial charge >= 0.3 is 0 Å². The smallest absolute Gasteiger partial charge is 0.238 e. The van der Waals surface area contributed by atoms with Crippen molar-refractivity contribution in [2.24, 2.45) is 5.73 Å². The van der Waals surface area contributed by atoms with Crippen molar-refractivity contribution in [3.63, 3.8) is 0 Å². The predicted molar refractivity (Wildman–Crippen MR) is 79.7 cm³/mol. The van der Waals surface area contributed by atoms with Gasteiger partial charge in [0.25, 0.3) is 0 Å². The van der Waals surface area contributed by atoms with Crippen molar-refractivity contribution in [1.29, 1.82) is 0 Å². The van der Waals surface area contributed by atoms with Crippen LogP contribution in [0.1, 0.15) is 12.8 Å². The van der Waals surface area contributed by atoms with Gasteiger partial charge in [-0.15, -0.1) is 0 Å². The summed E-state index contributed by atoms with van der Waals surface area (Å²) in [4.78, 5) is 14.2. The number of carbonyl (C=O) groups is 1. The molecular weight excluding hydrogens is 270 g/mol. The van der Waals surface area contributed by atoms with Gasteiger partial charge in [-0.2, -0.15) is 0 Å². The SMILES string of the molecule is NC1CCN(CC(=O)Nc2ccc3c(c2)OCCO3)CC1. The number of amides is 1. The summed E-state index contributed by atoms with van der Waals surface area (Å²) in [6.07, 6.45) is 1.91. The van der Waals surface area contributed by atoms with Crippen LogP contribution in [0.25, 0.3) is 0 Å². The molecule has 2 heterocycles. The topological polar surface area (TPSA) is 76.8 Å². The number of ether oxygens (including phenoxy) is 2. The Labute approximate surface area is 124 Å². The first-order chi connectivity index (χ1) is 10.2. The first-order valence-corrected chi connectivity index (χ1v) is 7.38. The summed E-state index contributed by atoms with van der Waals surface area (Å²) in [5.41, 5.74) is 6.60. The van der Waals surface area contributed by atoms with Crippen molar-refractivity contribution < 1.29 is 14.3 Å². The van der Waals surface area contributed by atoms with E-state index in [1.807, 2.05) is 12.1 Å². The lowest BCUT2D eigenvalue weighted by Crippen LogP contribution is -2.43. The summed E-state index contributed by atoms with van der Waals surface area (Å²) in [6, 6.07) is 5.74. The van der Waals surface area contributed by atoms with Gasteiger partial charge in [-0.3, -0.25) is 9.69 Å².